The van der Waals surface area contributed by atoms with Crippen molar-refractivity contribution < 1.29 is 37.9 Å². The van der Waals surface area contributed by atoms with Crippen molar-refractivity contribution in [1.82, 2.24) is 15.3 Å². The highest BCUT2D eigenvalue weighted by Gasteiger charge is 2.52. The zero-order valence-corrected chi connectivity index (χ0v) is 28.6. The van der Waals surface area contributed by atoms with Gasteiger partial charge in [0.15, 0.2) is 5.82 Å². The highest BCUT2D eigenvalue weighted by atomic mass is 19.1. The average Bonchev–Trinajstić information content (AvgIpc) is 3.51. The second kappa shape index (κ2) is 13.3. The van der Waals surface area contributed by atoms with Gasteiger partial charge in [0.25, 0.3) is 5.91 Å². The molecule has 0 saturated carbocycles. The van der Waals surface area contributed by atoms with Crippen LogP contribution in [0.2, 0.25) is 0 Å². The Bertz CT molecular complexity index is 1670. The lowest BCUT2D eigenvalue weighted by Gasteiger charge is -2.32. The van der Waals surface area contributed by atoms with Crippen LogP contribution in [0.1, 0.15) is 65.4 Å². The average molecular weight is 664 g/mol. The number of carbonyl (C=O) groups is 2. The highest BCUT2D eigenvalue weighted by molar-refractivity contribution is 6.62. The molecular formula is C34H43BFN5O7. The predicted molar refractivity (Wildman–Crippen MR) is 180 cm³/mol. The molecule has 2 amide bonds. The van der Waals surface area contributed by atoms with Crippen LogP contribution in [-0.2, 0) is 14.0 Å². The number of aliphatic hydroxyl groups is 1. The summed E-state index contributed by atoms with van der Waals surface area (Å²) in [5.41, 5.74) is -0.109. The van der Waals surface area contributed by atoms with Crippen LogP contribution in [0.5, 0.6) is 5.75 Å². The van der Waals surface area contributed by atoms with Crippen molar-refractivity contribution >= 4 is 36.0 Å². The molecule has 2 saturated heterocycles. The molecule has 0 spiro atoms. The summed E-state index contributed by atoms with van der Waals surface area (Å²) in [6, 6.07) is 10.4. The number of alkyl carbamates (subject to hydrolysis) is 1. The smallest absolute Gasteiger partial charge is 0.494 e. The van der Waals surface area contributed by atoms with Gasteiger partial charge in [-0.25, -0.2) is 19.2 Å². The first kappa shape index (κ1) is 35.1. The number of amides is 2. The van der Waals surface area contributed by atoms with Gasteiger partial charge < -0.3 is 39.4 Å². The predicted octanol–water partition coefficient (Wildman–Crippen LogP) is 4.31. The lowest BCUT2D eigenvalue weighted by atomic mass is 9.78. The molecule has 12 nitrogen and oxygen atoms in total. The molecule has 2 aliphatic heterocycles. The molecule has 256 valence electrons. The lowest BCUT2D eigenvalue weighted by molar-refractivity contribution is 0.00578. The second-order valence-electron chi connectivity index (χ2n) is 14.0. The first-order chi connectivity index (χ1) is 22.5. The van der Waals surface area contributed by atoms with E-state index in [0.29, 0.717) is 29.8 Å². The molecule has 2 fully saturated rings. The number of benzene rings is 2. The Hall–Kier alpha value is -4.27. The van der Waals surface area contributed by atoms with Crippen LogP contribution in [0.15, 0.2) is 48.7 Å². The van der Waals surface area contributed by atoms with E-state index >= 15 is 0 Å². The van der Waals surface area contributed by atoms with E-state index < -0.39 is 47.8 Å². The number of nitrogens with zero attached hydrogens (tertiary/aromatic N) is 3. The molecule has 0 bridgehead atoms. The van der Waals surface area contributed by atoms with E-state index in [1.54, 1.807) is 39.0 Å². The molecule has 48 heavy (non-hydrogen) atoms. The number of halogens is 1. The second-order valence-corrected chi connectivity index (χ2v) is 14.0. The topological polar surface area (TPSA) is 144 Å². The van der Waals surface area contributed by atoms with E-state index in [1.807, 2.05) is 38.7 Å². The largest absolute Gasteiger partial charge is 0.496 e. The Balaban J connectivity index is 1.48. The third kappa shape index (κ3) is 7.40. The minimum atomic E-state index is -0.690. The van der Waals surface area contributed by atoms with E-state index in [0.717, 1.165) is 0 Å². The maximum absolute atomic E-state index is 14.8. The summed E-state index contributed by atoms with van der Waals surface area (Å²) in [6.07, 6.45) is 1.25. The minimum absolute atomic E-state index is 0.00381. The van der Waals surface area contributed by atoms with Gasteiger partial charge in [0, 0.05) is 12.7 Å². The molecule has 5 rings (SSSR count). The molecule has 0 aliphatic carbocycles. The van der Waals surface area contributed by atoms with Crippen LogP contribution >= 0.6 is 0 Å². The van der Waals surface area contributed by atoms with Crippen molar-refractivity contribution in [2.24, 2.45) is 0 Å². The van der Waals surface area contributed by atoms with Gasteiger partial charge in [0.2, 0.25) is 0 Å². The number of methoxy groups -OCH3 is 1. The molecule has 3 N–H and O–H groups in total. The van der Waals surface area contributed by atoms with Gasteiger partial charge in [-0.05, 0) is 90.7 Å². The molecule has 0 unspecified atom stereocenters. The van der Waals surface area contributed by atoms with E-state index in [4.69, 9.17) is 18.8 Å². The molecule has 2 aliphatic rings. The van der Waals surface area contributed by atoms with Crippen LogP contribution in [0.25, 0.3) is 11.4 Å². The third-order valence-electron chi connectivity index (χ3n) is 8.76. The molecular weight excluding hydrogens is 620 g/mol. The van der Waals surface area contributed by atoms with Crippen molar-refractivity contribution in [2.75, 3.05) is 30.5 Å². The number of anilines is 2. The van der Waals surface area contributed by atoms with E-state index in [9.17, 15) is 19.1 Å². The molecule has 3 aromatic rings. The first-order valence-corrected chi connectivity index (χ1v) is 15.9. The van der Waals surface area contributed by atoms with Gasteiger partial charge in [-0.2, -0.15) is 0 Å². The zero-order chi connectivity index (χ0) is 35.0. The molecule has 2 atom stereocenters. The Morgan fingerprint density at radius 2 is 1.83 bits per heavy atom. The van der Waals surface area contributed by atoms with Gasteiger partial charge >= 0.3 is 13.2 Å². The summed E-state index contributed by atoms with van der Waals surface area (Å²) in [5.74, 6) is -0.940. The number of hydrogen-bond acceptors (Lipinski definition) is 10. The third-order valence-corrected chi connectivity index (χ3v) is 8.76. The molecule has 3 heterocycles. The number of hydrogen-bond donors (Lipinski definition) is 3. The Labute approximate surface area is 280 Å². The van der Waals surface area contributed by atoms with Gasteiger partial charge in [-0.1, -0.05) is 12.1 Å². The van der Waals surface area contributed by atoms with Crippen LogP contribution < -0.4 is 25.7 Å². The van der Waals surface area contributed by atoms with Gasteiger partial charge in [-0.3, -0.25) is 4.79 Å². The standard InChI is InChI=1S/C34H43BFN5O7/c1-32(2,3)46-31(44)38-21-17-22(19-42)41(18-21)26-16-20(35-47-33(4,5)34(6,7)48-35)12-13-24(26)40-30(43)25-14-15-37-29(39-25)28-23(36)10-9-11-27(28)45-8/h9-16,21-22,42H,17-19H2,1-8H3,(H,38,44)(H,40,43)/t21-,22-/m0/s1. The van der Waals surface area contributed by atoms with Crippen molar-refractivity contribution in [2.45, 2.75) is 83.8 Å². The van der Waals surface area contributed by atoms with Crippen molar-refractivity contribution in [1.29, 1.82) is 0 Å². The fourth-order valence-electron chi connectivity index (χ4n) is 5.66. The van der Waals surface area contributed by atoms with Crippen molar-refractivity contribution in [3.63, 3.8) is 0 Å². The summed E-state index contributed by atoms with van der Waals surface area (Å²) in [6.45, 7) is 13.3. The first-order valence-electron chi connectivity index (χ1n) is 15.9. The van der Waals surface area contributed by atoms with Gasteiger partial charge in [0.05, 0.1) is 53.9 Å². The monoisotopic (exact) mass is 663 g/mol. The molecule has 1 aromatic heterocycles. The van der Waals surface area contributed by atoms with Crippen molar-refractivity contribution in [3.05, 3.63) is 60.2 Å². The van der Waals surface area contributed by atoms with E-state index in [2.05, 4.69) is 20.6 Å². The minimum Gasteiger partial charge on any atom is -0.496 e. The fourth-order valence-corrected chi connectivity index (χ4v) is 5.66. The van der Waals surface area contributed by atoms with E-state index in [-0.39, 0.29) is 35.5 Å². The van der Waals surface area contributed by atoms with Crippen molar-refractivity contribution in [3.8, 4) is 17.1 Å². The summed E-state index contributed by atoms with van der Waals surface area (Å²) in [4.78, 5) is 36.8. The summed E-state index contributed by atoms with van der Waals surface area (Å²) in [7, 11) is 0.722. The zero-order valence-electron chi connectivity index (χ0n) is 28.6. The quantitative estimate of drug-likeness (QED) is 0.299. The number of aromatic nitrogens is 2. The van der Waals surface area contributed by atoms with Crippen LogP contribution in [0, 0.1) is 5.82 Å². The van der Waals surface area contributed by atoms with Crippen LogP contribution in [0.4, 0.5) is 20.6 Å². The maximum atomic E-state index is 14.8. The number of nitrogens with one attached hydrogen (secondary N) is 2. The normalized spacial score (nSPS) is 20.0. The van der Waals surface area contributed by atoms with Gasteiger partial charge in [-0.15, -0.1) is 0 Å². The van der Waals surface area contributed by atoms with Gasteiger partial charge in [0.1, 0.15) is 22.9 Å². The Kier molecular flexibility index (Phi) is 9.73. The molecule has 0 radical (unpaired) electrons. The van der Waals surface area contributed by atoms with Crippen LogP contribution in [0.3, 0.4) is 0 Å². The lowest BCUT2D eigenvalue weighted by Crippen LogP contribution is -2.41. The van der Waals surface area contributed by atoms with Crippen LogP contribution in [-0.4, -0.2) is 83.3 Å². The fraction of sp³-hybridized carbons (Fsp3) is 0.471. The summed E-state index contributed by atoms with van der Waals surface area (Å²) in [5, 5.41) is 16.3. The maximum Gasteiger partial charge on any atom is 0.494 e. The Morgan fingerprint density at radius 1 is 1.12 bits per heavy atom. The summed E-state index contributed by atoms with van der Waals surface area (Å²) < 4.78 is 38.2. The highest BCUT2D eigenvalue weighted by Crippen LogP contribution is 2.38. The molecule has 14 heteroatoms. The number of ether oxygens (including phenoxy) is 2. The number of aliphatic hydroxyl groups excluding tert-OH is 1. The SMILES string of the molecule is COc1cccc(F)c1-c1nccc(C(=O)Nc2ccc(B3OC(C)(C)C(C)(C)O3)cc2N2C[C@@H](NC(=O)OC(C)(C)C)C[C@H]2CO)n1. The molecule has 2 aromatic carbocycles. The number of carbonyl (C=O) groups excluding carboxylic acids is 2. The Morgan fingerprint density at radius 3 is 2.48 bits per heavy atom. The summed E-state index contributed by atoms with van der Waals surface area (Å²) >= 11 is 0. The van der Waals surface area contributed by atoms with E-state index in [1.165, 1.54) is 31.5 Å². The number of rotatable bonds is 8.